The van der Waals surface area contributed by atoms with Gasteiger partial charge < -0.3 is 20.9 Å². The molecule has 0 unspecified atom stereocenters. The number of hydrogen-bond acceptors (Lipinski definition) is 8. The summed E-state index contributed by atoms with van der Waals surface area (Å²) >= 11 is 5.88. The fraction of sp³-hybridized carbons (Fsp3) is 0.560. The molecule has 0 spiro atoms. The molecule has 2 amide bonds. The van der Waals surface area contributed by atoms with Gasteiger partial charge in [0.1, 0.15) is 22.5 Å². The smallest absolute Gasteiger partial charge is 0.271 e. The molecule has 2 aromatic rings. The molecule has 2 aromatic heterocycles. The van der Waals surface area contributed by atoms with Gasteiger partial charge >= 0.3 is 0 Å². The van der Waals surface area contributed by atoms with Crippen LogP contribution in [0.4, 0.5) is 11.6 Å². The van der Waals surface area contributed by atoms with Gasteiger partial charge in [0.2, 0.25) is 0 Å². The van der Waals surface area contributed by atoms with Crippen molar-refractivity contribution >= 4 is 35.1 Å². The number of rotatable bonds is 6. The van der Waals surface area contributed by atoms with E-state index in [9.17, 15) is 9.59 Å². The number of carbonyl (C=O) groups is 2. The largest absolute Gasteiger partial charge is 0.383 e. The predicted molar refractivity (Wildman–Crippen MR) is 140 cm³/mol. The minimum atomic E-state index is -0.198. The lowest BCUT2D eigenvalue weighted by molar-refractivity contribution is 0.0491. The number of carbonyl (C=O) groups excluding carboxylic acids is 2. The Balaban J connectivity index is 1.37. The Labute approximate surface area is 217 Å². The Morgan fingerprint density at radius 1 is 1.14 bits per heavy atom. The fourth-order valence-corrected chi connectivity index (χ4v) is 5.41. The highest BCUT2D eigenvalue weighted by molar-refractivity contribution is 6.29. The summed E-state index contributed by atoms with van der Waals surface area (Å²) in [7, 11) is 0. The number of hydrogen-bond donors (Lipinski definition) is 2. The number of halogens is 1. The van der Waals surface area contributed by atoms with Gasteiger partial charge in [0.15, 0.2) is 0 Å². The first-order valence-electron chi connectivity index (χ1n) is 12.7. The van der Waals surface area contributed by atoms with Crippen molar-refractivity contribution in [2.24, 2.45) is 0 Å². The molecule has 0 aromatic carbocycles. The molecular formula is C25H35ClN8O2. The van der Waals surface area contributed by atoms with E-state index in [2.05, 4.69) is 37.0 Å². The standard InChI is InChI=1S/C25H35ClN8O2/c1-4-17-15-33(23-16(3)30-20(14-29-23)24(35)28-5-2)12-13-34(17)18-8-10-32(11-9-18)25(36)19-6-7-21(26)31-22(19)27/h6-7,14,17-18H,4-5,8-13,15H2,1-3H3,(H2,27,31)(H,28,35)/t17-/m0/s1. The maximum Gasteiger partial charge on any atom is 0.271 e. The van der Waals surface area contributed by atoms with Crippen molar-refractivity contribution < 1.29 is 9.59 Å². The molecule has 2 aliphatic heterocycles. The average Bonchev–Trinajstić information content (AvgIpc) is 2.88. The van der Waals surface area contributed by atoms with Crippen molar-refractivity contribution in [3.8, 4) is 0 Å². The summed E-state index contributed by atoms with van der Waals surface area (Å²) in [6, 6.07) is 4.06. The van der Waals surface area contributed by atoms with Crippen molar-refractivity contribution in [3.05, 3.63) is 40.4 Å². The van der Waals surface area contributed by atoms with Crippen molar-refractivity contribution in [3.63, 3.8) is 0 Å². The molecule has 11 heteroatoms. The van der Waals surface area contributed by atoms with Gasteiger partial charge in [-0.1, -0.05) is 18.5 Å². The third-order valence-corrected chi connectivity index (χ3v) is 7.34. The zero-order valence-corrected chi connectivity index (χ0v) is 22.0. The molecule has 10 nitrogen and oxygen atoms in total. The molecule has 2 aliphatic rings. The van der Waals surface area contributed by atoms with Crippen LogP contribution in [0.5, 0.6) is 0 Å². The van der Waals surface area contributed by atoms with Gasteiger partial charge in [-0.05, 0) is 45.2 Å². The molecule has 0 bridgehead atoms. The maximum absolute atomic E-state index is 13.0. The highest BCUT2D eigenvalue weighted by Crippen LogP contribution is 2.27. The highest BCUT2D eigenvalue weighted by atomic mass is 35.5. The number of nitrogens with two attached hydrogens (primary N) is 1. The number of piperidine rings is 1. The van der Waals surface area contributed by atoms with Crippen molar-refractivity contribution in [1.29, 1.82) is 0 Å². The Morgan fingerprint density at radius 2 is 1.89 bits per heavy atom. The zero-order valence-electron chi connectivity index (χ0n) is 21.2. The molecule has 194 valence electrons. The van der Waals surface area contributed by atoms with Gasteiger partial charge in [0, 0.05) is 51.4 Å². The van der Waals surface area contributed by atoms with Crippen LogP contribution in [0.25, 0.3) is 0 Å². The first-order valence-corrected chi connectivity index (χ1v) is 13.0. The number of aromatic nitrogens is 3. The van der Waals surface area contributed by atoms with E-state index < -0.39 is 0 Å². The normalized spacial score (nSPS) is 19.4. The minimum absolute atomic E-state index is 0.0860. The van der Waals surface area contributed by atoms with Gasteiger partial charge in [0.25, 0.3) is 11.8 Å². The summed E-state index contributed by atoms with van der Waals surface area (Å²) in [5, 5.41) is 3.05. The second kappa shape index (κ2) is 11.4. The van der Waals surface area contributed by atoms with E-state index in [0.717, 1.165) is 50.4 Å². The molecule has 0 aliphatic carbocycles. The third kappa shape index (κ3) is 5.54. The Bertz CT molecular complexity index is 1110. The maximum atomic E-state index is 13.0. The Morgan fingerprint density at radius 3 is 2.53 bits per heavy atom. The van der Waals surface area contributed by atoms with Crippen LogP contribution in [0.2, 0.25) is 5.15 Å². The van der Waals surface area contributed by atoms with Crippen LogP contribution in [0, 0.1) is 6.92 Å². The number of likely N-dealkylation sites (tertiary alicyclic amines) is 1. The predicted octanol–water partition coefficient (Wildman–Crippen LogP) is 2.37. The van der Waals surface area contributed by atoms with E-state index in [4.69, 9.17) is 17.3 Å². The number of pyridine rings is 1. The number of piperazine rings is 1. The molecule has 4 rings (SSSR count). The van der Waals surface area contributed by atoms with Crippen LogP contribution < -0.4 is 16.0 Å². The van der Waals surface area contributed by atoms with Gasteiger partial charge in [-0.2, -0.15) is 0 Å². The Hall–Kier alpha value is -2.98. The number of nitrogens with zero attached hydrogens (tertiary/aromatic N) is 6. The van der Waals surface area contributed by atoms with Crippen LogP contribution in [0.1, 0.15) is 59.7 Å². The molecule has 1 atom stereocenters. The summed E-state index contributed by atoms with van der Waals surface area (Å²) in [5.74, 6) is 0.734. The van der Waals surface area contributed by atoms with Gasteiger partial charge in [-0.15, -0.1) is 0 Å². The number of anilines is 2. The topological polar surface area (TPSA) is 121 Å². The average molecular weight is 515 g/mol. The fourth-order valence-electron chi connectivity index (χ4n) is 5.25. The molecule has 36 heavy (non-hydrogen) atoms. The molecule has 2 fully saturated rings. The Kier molecular flexibility index (Phi) is 8.25. The van der Waals surface area contributed by atoms with Gasteiger partial charge in [0.05, 0.1) is 17.5 Å². The summed E-state index contributed by atoms with van der Waals surface area (Å²) in [6.45, 7) is 10.6. The minimum Gasteiger partial charge on any atom is -0.383 e. The van der Waals surface area contributed by atoms with Crippen LogP contribution in [-0.2, 0) is 0 Å². The molecule has 0 saturated carbocycles. The SMILES string of the molecule is CCNC(=O)c1cnc(N2CCN(C3CCN(C(=O)c4ccc(Cl)nc4N)CC3)[C@@H](CC)C2)c(C)n1. The van der Waals surface area contributed by atoms with E-state index in [1.165, 1.54) is 0 Å². The van der Waals surface area contributed by atoms with Crippen LogP contribution >= 0.6 is 11.6 Å². The van der Waals surface area contributed by atoms with Crippen molar-refractivity contribution in [2.45, 2.75) is 52.1 Å². The van der Waals surface area contributed by atoms with Gasteiger partial charge in [-0.25, -0.2) is 15.0 Å². The number of nitrogen functional groups attached to an aromatic ring is 1. The van der Waals surface area contributed by atoms with E-state index in [1.54, 1.807) is 18.3 Å². The molecule has 0 radical (unpaired) electrons. The third-order valence-electron chi connectivity index (χ3n) is 7.13. The lowest BCUT2D eigenvalue weighted by Crippen LogP contribution is -2.59. The first-order chi connectivity index (χ1) is 17.3. The first kappa shape index (κ1) is 26.1. The highest BCUT2D eigenvalue weighted by Gasteiger charge is 2.35. The van der Waals surface area contributed by atoms with Gasteiger partial charge in [-0.3, -0.25) is 14.5 Å². The van der Waals surface area contributed by atoms with E-state index in [1.807, 2.05) is 18.7 Å². The summed E-state index contributed by atoms with van der Waals surface area (Å²) in [6.07, 6.45) is 4.43. The quantitative estimate of drug-likeness (QED) is 0.564. The summed E-state index contributed by atoms with van der Waals surface area (Å²) in [5.41, 5.74) is 7.46. The van der Waals surface area contributed by atoms with Crippen LogP contribution in [-0.4, -0.2) is 87.9 Å². The van der Waals surface area contributed by atoms with Crippen molar-refractivity contribution in [1.82, 2.24) is 30.1 Å². The summed E-state index contributed by atoms with van der Waals surface area (Å²) < 4.78 is 0. The monoisotopic (exact) mass is 514 g/mol. The lowest BCUT2D eigenvalue weighted by atomic mass is 9.97. The van der Waals surface area contributed by atoms with E-state index in [0.29, 0.717) is 43.0 Å². The zero-order chi connectivity index (χ0) is 25.8. The van der Waals surface area contributed by atoms with Crippen LogP contribution in [0.15, 0.2) is 18.3 Å². The lowest BCUT2D eigenvalue weighted by Gasteiger charge is -2.47. The van der Waals surface area contributed by atoms with Crippen LogP contribution in [0.3, 0.4) is 0 Å². The molecular weight excluding hydrogens is 480 g/mol. The number of aryl methyl sites for hydroxylation is 1. The number of nitrogens with one attached hydrogen (secondary N) is 1. The van der Waals surface area contributed by atoms with E-state index >= 15 is 0 Å². The second-order valence-electron chi connectivity index (χ2n) is 9.36. The summed E-state index contributed by atoms with van der Waals surface area (Å²) in [4.78, 5) is 44.9. The molecule has 3 N–H and O–H groups in total. The molecule has 2 saturated heterocycles. The number of amides is 2. The van der Waals surface area contributed by atoms with E-state index in [-0.39, 0.29) is 22.8 Å². The van der Waals surface area contributed by atoms with Crippen molar-refractivity contribution in [2.75, 3.05) is 49.9 Å². The molecule has 4 heterocycles. The second-order valence-corrected chi connectivity index (χ2v) is 9.75.